The summed E-state index contributed by atoms with van der Waals surface area (Å²) in [5.74, 6) is -0.0877. The van der Waals surface area contributed by atoms with Crippen molar-refractivity contribution in [2.24, 2.45) is 0 Å². The number of pyridine rings is 1. The third-order valence-corrected chi connectivity index (χ3v) is 2.30. The Labute approximate surface area is 117 Å². The van der Waals surface area contributed by atoms with Gasteiger partial charge in [-0.05, 0) is 12.1 Å². The van der Waals surface area contributed by atoms with Gasteiger partial charge in [0.1, 0.15) is 25.4 Å². The Morgan fingerprint density at radius 3 is 2.76 bits per heavy atom. The van der Waals surface area contributed by atoms with Crippen LogP contribution in [0.15, 0.2) is 37.1 Å². The van der Waals surface area contributed by atoms with Gasteiger partial charge in [-0.15, -0.1) is 0 Å². The minimum absolute atomic E-state index is 0.361. The molecular formula is C12H11F3N4O2. The van der Waals surface area contributed by atoms with Crippen molar-refractivity contribution < 1.29 is 22.7 Å². The van der Waals surface area contributed by atoms with Crippen molar-refractivity contribution in [2.75, 3.05) is 18.5 Å². The van der Waals surface area contributed by atoms with Gasteiger partial charge in [0, 0.05) is 12.4 Å². The first kappa shape index (κ1) is 15.0. The van der Waals surface area contributed by atoms with Gasteiger partial charge >= 0.3 is 6.18 Å². The first-order chi connectivity index (χ1) is 9.94. The van der Waals surface area contributed by atoms with E-state index in [1.807, 2.05) is 0 Å². The fourth-order valence-electron chi connectivity index (χ4n) is 1.46. The van der Waals surface area contributed by atoms with Crippen molar-refractivity contribution >= 4 is 11.6 Å². The number of halogens is 3. The Balaban J connectivity index is 1.84. The lowest BCUT2D eigenvalue weighted by Crippen LogP contribution is -2.24. The van der Waals surface area contributed by atoms with E-state index in [9.17, 15) is 18.0 Å². The topological polar surface area (TPSA) is 69.0 Å². The Bertz CT molecular complexity index is 582. The zero-order chi connectivity index (χ0) is 15.3. The van der Waals surface area contributed by atoms with Crippen molar-refractivity contribution in [3.05, 3.63) is 37.1 Å². The zero-order valence-corrected chi connectivity index (χ0v) is 10.7. The monoisotopic (exact) mass is 300 g/mol. The van der Waals surface area contributed by atoms with Crippen LogP contribution in [0.3, 0.4) is 0 Å². The maximum atomic E-state index is 11.8. The number of alkyl halides is 3. The molecule has 0 fully saturated rings. The van der Waals surface area contributed by atoms with Crippen molar-refractivity contribution in [1.29, 1.82) is 0 Å². The highest BCUT2D eigenvalue weighted by Gasteiger charge is 2.27. The molecule has 0 aromatic carbocycles. The molecule has 21 heavy (non-hydrogen) atoms. The summed E-state index contributed by atoms with van der Waals surface area (Å²) in [5, 5.41) is 2.38. The molecule has 112 valence electrons. The summed E-state index contributed by atoms with van der Waals surface area (Å²) in [6.45, 7) is -2.14. The molecule has 0 saturated carbocycles. The highest BCUT2D eigenvalue weighted by Crippen LogP contribution is 2.14. The minimum Gasteiger partial charge on any atom is -0.362 e. The van der Waals surface area contributed by atoms with Crippen LogP contribution >= 0.6 is 0 Å². The maximum absolute atomic E-state index is 11.8. The van der Waals surface area contributed by atoms with Gasteiger partial charge in [-0.3, -0.25) is 9.36 Å². The van der Waals surface area contributed by atoms with Gasteiger partial charge < -0.3 is 10.1 Å². The maximum Gasteiger partial charge on any atom is 0.411 e. The highest BCUT2D eigenvalue weighted by molar-refractivity contribution is 5.91. The van der Waals surface area contributed by atoms with E-state index in [0.29, 0.717) is 11.5 Å². The molecule has 0 unspecified atom stereocenters. The second-order valence-electron chi connectivity index (χ2n) is 4.03. The number of hydrogen-bond donors (Lipinski definition) is 1. The van der Waals surface area contributed by atoms with E-state index in [2.05, 4.69) is 20.0 Å². The van der Waals surface area contributed by atoms with Crippen molar-refractivity contribution in [1.82, 2.24) is 14.5 Å². The standard InChI is InChI=1S/C12H11F3N4O2/c13-12(14,15)7-21-6-11(20)18-9-1-2-10(17-5-9)19-4-3-16-8-19/h1-5,8H,6-7H2,(H,18,20). The zero-order valence-electron chi connectivity index (χ0n) is 10.7. The predicted molar refractivity (Wildman–Crippen MR) is 66.9 cm³/mol. The number of carbonyl (C=O) groups excluding carboxylic acids is 1. The average molecular weight is 300 g/mol. The molecule has 6 nitrogen and oxygen atoms in total. The molecule has 0 saturated heterocycles. The van der Waals surface area contributed by atoms with Crippen molar-refractivity contribution in [3.8, 4) is 5.82 Å². The smallest absolute Gasteiger partial charge is 0.362 e. The van der Waals surface area contributed by atoms with E-state index >= 15 is 0 Å². The second-order valence-corrected chi connectivity index (χ2v) is 4.03. The van der Waals surface area contributed by atoms with Crippen LogP contribution < -0.4 is 5.32 Å². The first-order valence-corrected chi connectivity index (χ1v) is 5.83. The number of carbonyl (C=O) groups is 1. The number of imidazole rings is 1. The van der Waals surface area contributed by atoms with Gasteiger partial charge in [-0.2, -0.15) is 13.2 Å². The molecule has 2 aromatic heterocycles. The number of ether oxygens (including phenoxy) is 1. The van der Waals surface area contributed by atoms with Gasteiger partial charge in [0.2, 0.25) is 5.91 Å². The van der Waals surface area contributed by atoms with Crippen molar-refractivity contribution in [3.63, 3.8) is 0 Å². The summed E-state index contributed by atoms with van der Waals surface area (Å²) in [6.07, 6.45) is 1.79. The van der Waals surface area contributed by atoms with E-state index in [1.165, 1.54) is 6.20 Å². The predicted octanol–water partition coefficient (Wildman–Crippen LogP) is 1.78. The lowest BCUT2D eigenvalue weighted by Gasteiger charge is -2.08. The summed E-state index contributed by atoms with van der Waals surface area (Å²) in [4.78, 5) is 19.3. The number of rotatable bonds is 5. The molecule has 2 heterocycles. The summed E-state index contributed by atoms with van der Waals surface area (Å²) < 4.78 is 41.4. The molecule has 9 heteroatoms. The summed E-state index contributed by atoms with van der Waals surface area (Å²) in [6, 6.07) is 3.21. The second kappa shape index (κ2) is 6.35. The molecule has 0 atom stereocenters. The number of aromatic nitrogens is 3. The Morgan fingerprint density at radius 2 is 2.19 bits per heavy atom. The summed E-state index contributed by atoms with van der Waals surface area (Å²) >= 11 is 0. The molecule has 1 amide bonds. The molecule has 0 bridgehead atoms. The minimum atomic E-state index is -4.45. The normalized spacial score (nSPS) is 11.4. The Kier molecular flexibility index (Phi) is 4.53. The molecular weight excluding hydrogens is 289 g/mol. The Hall–Kier alpha value is -2.42. The number of amides is 1. The average Bonchev–Trinajstić information content (AvgIpc) is 2.92. The summed E-state index contributed by atoms with van der Waals surface area (Å²) in [5.41, 5.74) is 0.361. The Morgan fingerprint density at radius 1 is 1.38 bits per heavy atom. The fraction of sp³-hybridized carbons (Fsp3) is 0.250. The number of nitrogens with zero attached hydrogens (tertiary/aromatic N) is 3. The van der Waals surface area contributed by atoms with E-state index in [4.69, 9.17) is 0 Å². The molecule has 0 aliphatic heterocycles. The van der Waals surface area contributed by atoms with E-state index < -0.39 is 25.3 Å². The fourth-order valence-corrected chi connectivity index (χ4v) is 1.46. The van der Waals surface area contributed by atoms with Crippen molar-refractivity contribution in [2.45, 2.75) is 6.18 Å². The molecule has 2 rings (SSSR count). The van der Waals surface area contributed by atoms with Crippen LogP contribution in [0.4, 0.5) is 18.9 Å². The van der Waals surface area contributed by atoms with E-state index in [0.717, 1.165) is 0 Å². The number of hydrogen-bond acceptors (Lipinski definition) is 4. The largest absolute Gasteiger partial charge is 0.411 e. The van der Waals surface area contributed by atoms with Crippen LogP contribution in [0, 0.1) is 0 Å². The van der Waals surface area contributed by atoms with Crippen LogP contribution in [0.5, 0.6) is 0 Å². The molecule has 0 radical (unpaired) electrons. The number of anilines is 1. The van der Waals surface area contributed by atoms with Crippen LogP contribution in [0.2, 0.25) is 0 Å². The van der Waals surface area contributed by atoms with Gasteiger partial charge in [-0.25, -0.2) is 9.97 Å². The molecule has 1 N–H and O–H groups in total. The van der Waals surface area contributed by atoms with Crippen LogP contribution in [-0.2, 0) is 9.53 Å². The van der Waals surface area contributed by atoms with Gasteiger partial charge in [-0.1, -0.05) is 0 Å². The third kappa shape index (κ3) is 4.88. The van der Waals surface area contributed by atoms with Gasteiger partial charge in [0.25, 0.3) is 0 Å². The van der Waals surface area contributed by atoms with E-state index in [-0.39, 0.29) is 0 Å². The lowest BCUT2D eigenvalue weighted by molar-refractivity contribution is -0.174. The first-order valence-electron chi connectivity index (χ1n) is 5.83. The number of nitrogens with one attached hydrogen (secondary N) is 1. The molecule has 0 aliphatic carbocycles. The molecule has 0 spiro atoms. The summed E-state index contributed by atoms with van der Waals surface area (Å²) in [7, 11) is 0. The van der Waals surface area contributed by atoms with E-state index in [1.54, 1.807) is 35.4 Å². The molecule has 2 aromatic rings. The quantitative estimate of drug-likeness (QED) is 0.914. The molecule has 0 aliphatic rings. The highest BCUT2D eigenvalue weighted by atomic mass is 19.4. The lowest BCUT2D eigenvalue weighted by atomic mass is 10.4. The van der Waals surface area contributed by atoms with Gasteiger partial charge in [0.05, 0.1) is 11.9 Å². The third-order valence-electron chi connectivity index (χ3n) is 2.30. The van der Waals surface area contributed by atoms with Crippen LogP contribution in [-0.4, -0.2) is 39.8 Å². The van der Waals surface area contributed by atoms with Gasteiger partial charge in [0.15, 0.2) is 0 Å². The SMILES string of the molecule is O=C(COCC(F)(F)F)Nc1ccc(-n2ccnc2)nc1. The van der Waals surface area contributed by atoms with Crippen LogP contribution in [0.25, 0.3) is 5.82 Å². The van der Waals surface area contributed by atoms with Crippen LogP contribution in [0.1, 0.15) is 0 Å².